The molecule has 0 spiro atoms. The van der Waals surface area contributed by atoms with Crippen LogP contribution < -0.4 is 0 Å². The topological polar surface area (TPSA) is 56.5 Å². The highest BCUT2D eigenvalue weighted by Gasteiger charge is 2.23. The largest absolute Gasteiger partial charge is 0.454 e. The lowest BCUT2D eigenvalue weighted by Gasteiger charge is -2.18. The maximum Gasteiger partial charge on any atom is 0.374 e. The lowest BCUT2D eigenvalue weighted by atomic mass is 10.2. The summed E-state index contributed by atoms with van der Waals surface area (Å²) >= 11 is 3.14. The summed E-state index contributed by atoms with van der Waals surface area (Å²) in [7, 11) is 0. The number of esters is 1. The quantitative estimate of drug-likeness (QED) is 0.619. The van der Waals surface area contributed by atoms with Crippen LogP contribution in [0, 0.1) is 0 Å². The Hall–Kier alpha value is -1.10. The summed E-state index contributed by atoms with van der Waals surface area (Å²) < 4.78 is 10.7. The maximum absolute atomic E-state index is 11.6. The predicted molar refractivity (Wildman–Crippen MR) is 61.6 cm³/mol. The Morgan fingerprint density at radius 1 is 1.38 bits per heavy atom. The summed E-state index contributed by atoms with van der Waals surface area (Å²) in [6, 6.07) is 1.44. The molecular formula is C11H13BrO4. The van der Waals surface area contributed by atoms with Crippen molar-refractivity contribution in [3.63, 3.8) is 0 Å². The van der Waals surface area contributed by atoms with Crippen LogP contribution in [0.4, 0.5) is 0 Å². The van der Waals surface area contributed by atoms with E-state index in [1.54, 1.807) is 20.8 Å². The highest BCUT2D eigenvalue weighted by molar-refractivity contribution is 9.10. The molecule has 0 radical (unpaired) electrons. The lowest BCUT2D eigenvalue weighted by Crippen LogP contribution is -2.23. The van der Waals surface area contributed by atoms with Gasteiger partial charge in [-0.05, 0) is 36.7 Å². The first-order valence-corrected chi connectivity index (χ1v) is 5.53. The van der Waals surface area contributed by atoms with Gasteiger partial charge >= 0.3 is 5.97 Å². The molecule has 0 atom stereocenters. The Balaban J connectivity index is 2.94. The molecule has 1 aromatic rings. The molecule has 0 amide bonds. The lowest BCUT2D eigenvalue weighted by molar-refractivity contribution is 0.00353. The van der Waals surface area contributed by atoms with Crippen LogP contribution in [0.15, 0.2) is 15.0 Å². The maximum atomic E-state index is 11.6. The van der Waals surface area contributed by atoms with E-state index in [9.17, 15) is 9.59 Å². The van der Waals surface area contributed by atoms with Crippen molar-refractivity contribution in [2.45, 2.75) is 33.3 Å². The number of furan rings is 1. The summed E-state index contributed by atoms with van der Waals surface area (Å²) in [5.41, 5.74) is -0.591. The third-order valence-corrected chi connectivity index (χ3v) is 2.20. The van der Waals surface area contributed by atoms with Crippen molar-refractivity contribution in [2.24, 2.45) is 0 Å². The second-order valence-electron chi connectivity index (χ2n) is 4.35. The minimum Gasteiger partial charge on any atom is -0.454 e. The first-order valence-electron chi connectivity index (χ1n) is 4.74. The van der Waals surface area contributed by atoms with Crippen molar-refractivity contribution in [1.29, 1.82) is 0 Å². The zero-order valence-electron chi connectivity index (χ0n) is 9.59. The van der Waals surface area contributed by atoms with Crippen molar-refractivity contribution < 1.29 is 18.7 Å². The van der Waals surface area contributed by atoms with E-state index in [0.717, 1.165) is 0 Å². The van der Waals surface area contributed by atoms with Gasteiger partial charge in [-0.1, -0.05) is 0 Å². The molecule has 16 heavy (non-hydrogen) atoms. The fraction of sp³-hybridized carbons (Fsp3) is 0.455. The third kappa shape index (κ3) is 3.20. The first kappa shape index (κ1) is 13.0. The Kier molecular flexibility index (Phi) is 3.57. The van der Waals surface area contributed by atoms with Crippen LogP contribution in [0.2, 0.25) is 0 Å². The van der Waals surface area contributed by atoms with Gasteiger partial charge in [0, 0.05) is 13.0 Å². The molecule has 4 nitrogen and oxygen atoms in total. The van der Waals surface area contributed by atoms with E-state index >= 15 is 0 Å². The molecule has 1 rings (SSSR count). The van der Waals surface area contributed by atoms with E-state index in [1.165, 1.54) is 13.0 Å². The van der Waals surface area contributed by atoms with Gasteiger partial charge in [-0.2, -0.15) is 0 Å². The second-order valence-corrected chi connectivity index (χ2v) is 5.20. The van der Waals surface area contributed by atoms with E-state index < -0.39 is 11.6 Å². The predicted octanol–water partition coefficient (Wildman–Crippen LogP) is 3.20. The summed E-state index contributed by atoms with van der Waals surface area (Å²) in [5, 5.41) is 0. The van der Waals surface area contributed by atoms with E-state index in [4.69, 9.17) is 9.15 Å². The van der Waals surface area contributed by atoms with E-state index in [0.29, 0.717) is 4.47 Å². The monoisotopic (exact) mass is 288 g/mol. The van der Waals surface area contributed by atoms with Crippen LogP contribution in [0.5, 0.6) is 0 Å². The zero-order valence-corrected chi connectivity index (χ0v) is 11.2. The number of carbonyl (C=O) groups excluding carboxylic acids is 2. The molecular weight excluding hydrogens is 276 g/mol. The van der Waals surface area contributed by atoms with Crippen LogP contribution in [0.25, 0.3) is 0 Å². The van der Waals surface area contributed by atoms with Crippen molar-refractivity contribution >= 4 is 27.7 Å². The Labute approximate surface area is 102 Å². The number of ketones is 1. The van der Waals surface area contributed by atoms with Crippen molar-refractivity contribution in [1.82, 2.24) is 0 Å². The number of Topliss-reactive ketones (excluding diaryl/α,β-unsaturated/α-hetero) is 1. The van der Waals surface area contributed by atoms with Gasteiger partial charge in [0.2, 0.25) is 5.76 Å². The Morgan fingerprint density at radius 3 is 2.31 bits per heavy atom. The van der Waals surface area contributed by atoms with Gasteiger partial charge in [-0.15, -0.1) is 0 Å². The van der Waals surface area contributed by atoms with Crippen molar-refractivity contribution in [2.75, 3.05) is 0 Å². The summed E-state index contributed by atoms with van der Waals surface area (Å²) in [6.07, 6.45) is 0. The number of carbonyl (C=O) groups is 2. The van der Waals surface area contributed by atoms with Gasteiger partial charge < -0.3 is 9.15 Å². The highest BCUT2D eigenvalue weighted by atomic mass is 79.9. The molecule has 0 aliphatic carbocycles. The normalized spacial score (nSPS) is 11.3. The SMILES string of the molecule is CC(=O)c1oc(C(=O)OC(C)(C)C)cc1Br. The van der Waals surface area contributed by atoms with Crippen LogP contribution >= 0.6 is 15.9 Å². The zero-order chi connectivity index (χ0) is 12.5. The molecule has 5 heteroatoms. The highest BCUT2D eigenvalue weighted by Crippen LogP contribution is 2.23. The number of halogens is 1. The molecule has 1 heterocycles. The molecule has 0 aromatic carbocycles. The minimum absolute atomic E-state index is 0.0204. The summed E-state index contributed by atoms with van der Waals surface area (Å²) in [6.45, 7) is 6.64. The van der Waals surface area contributed by atoms with Gasteiger partial charge in [-0.25, -0.2) is 4.79 Å². The Bertz CT molecular complexity index is 426. The average Bonchev–Trinajstić information content (AvgIpc) is 2.44. The fourth-order valence-electron chi connectivity index (χ4n) is 1.04. The van der Waals surface area contributed by atoms with E-state index in [2.05, 4.69) is 15.9 Å². The summed E-state index contributed by atoms with van der Waals surface area (Å²) in [5.74, 6) is -0.685. The number of hydrogen-bond donors (Lipinski definition) is 0. The molecule has 0 unspecified atom stereocenters. The molecule has 0 aliphatic heterocycles. The fourth-order valence-corrected chi connectivity index (χ4v) is 1.61. The van der Waals surface area contributed by atoms with Gasteiger partial charge in [0.25, 0.3) is 0 Å². The average molecular weight is 289 g/mol. The molecule has 0 saturated carbocycles. The number of rotatable bonds is 2. The Morgan fingerprint density at radius 2 is 1.94 bits per heavy atom. The van der Waals surface area contributed by atoms with Gasteiger partial charge in [0.05, 0.1) is 4.47 Å². The van der Waals surface area contributed by atoms with Crippen molar-refractivity contribution in [3.8, 4) is 0 Å². The molecule has 0 aliphatic rings. The minimum atomic E-state index is -0.591. The first-order chi connectivity index (χ1) is 7.20. The molecule has 0 saturated heterocycles. The van der Waals surface area contributed by atoms with E-state index in [-0.39, 0.29) is 17.3 Å². The number of ether oxygens (including phenoxy) is 1. The molecule has 0 bridgehead atoms. The third-order valence-electron chi connectivity index (χ3n) is 1.61. The second kappa shape index (κ2) is 4.41. The van der Waals surface area contributed by atoms with Gasteiger partial charge in [0.15, 0.2) is 11.5 Å². The van der Waals surface area contributed by atoms with Crippen LogP contribution in [0.1, 0.15) is 48.8 Å². The van der Waals surface area contributed by atoms with Crippen LogP contribution in [-0.4, -0.2) is 17.4 Å². The van der Waals surface area contributed by atoms with Gasteiger partial charge in [-0.3, -0.25) is 4.79 Å². The standard InChI is InChI=1S/C11H13BrO4/c1-6(13)9-7(12)5-8(15-9)10(14)16-11(2,3)4/h5H,1-4H3. The van der Waals surface area contributed by atoms with Gasteiger partial charge in [0.1, 0.15) is 5.60 Å². The molecule has 0 fully saturated rings. The smallest absolute Gasteiger partial charge is 0.374 e. The molecule has 88 valence electrons. The van der Waals surface area contributed by atoms with E-state index in [1.807, 2.05) is 0 Å². The van der Waals surface area contributed by atoms with Crippen molar-refractivity contribution in [3.05, 3.63) is 22.1 Å². The van der Waals surface area contributed by atoms with Crippen LogP contribution in [-0.2, 0) is 4.74 Å². The molecule has 1 aromatic heterocycles. The summed E-state index contributed by atoms with van der Waals surface area (Å²) in [4.78, 5) is 22.7. The van der Waals surface area contributed by atoms with Crippen LogP contribution in [0.3, 0.4) is 0 Å². The number of hydrogen-bond acceptors (Lipinski definition) is 4. The molecule has 0 N–H and O–H groups in total.